The lowest BCUT2D eigenvalue weighted by Crippen LogP contribution is -2.27. The Morgan fingerprint density at radius 2 is 1.89 bits per heavy atom. The predicted octanol–water partition coefficient (Wildman–Crippen LogP) is 3.52. The molecule has 1 aliphatic carbocycles. The Hall–Kier alpha value is -1.29. The smallest absolute Gasteiger partial charge is 0.253 e. The Morgan fingerprint density at radius 3 is 2.53 bits per heavy atom. The molecule has 0 spiro atoms. The molecule has 1 saturated carbocycles. The first kappa shape index (κ1) is 14.1. The molecule has 1 N–H and O–H groups in total. The number of thioether (sulfide) groups is 1. The fourth-order valence-electron chi connectivity index (χ4n) is 1.99. The molecule has 0 aromatic heterocycles. The number of amides is 1. The summed E-state index contributed by atoms with van der Waals surface area (Å²) in [6.45, 7) is 3.97. The summed E-state index contributed by atoms with van der Waals surface area (Å²) in [5, 5.41) is 4.07. The minimum absolute atomic E-state index is 0.0232. The minimum Gasteiger partial charge on any atom is -0.272 e. The zero-order valence-electron chi connectivity index (χ0n) is 11.5. The van der Waals surface area contributed by atoms with Gasteiger partial charge in [0.05, 0.1) is 5.25 Å². The molecule has 102 valence electrons. The summed E-state index contributed by atoms with van der Waals surface area (Å²) in [5.74, 6) is -0.0232. The van der Waals surface area contributed by atoms with Gasteiger partial charge in [-0.3, -0.25) is 4.79 Å². The SMILES string of the molecule is Cc1ccc(S[C@H](C)C(=O)NN=C2CCCC2)cc1. The second kappa shape index (κ2) is 6.75. The number of hydrazone groups is 1. The van der Waals surface area contributed by atoms with Crippen LogP contribution in [0.5, 0.6) is 0 Å². The summed E-state index contributed by atoms with van der Waals surface area (Å²) < 4.78 is 0. The van der Waals surface area contributed by atoms with Gasteiger partial charge in [0.2, 0.25) is 0 Å². The zero-order chi connectivity index (χ0) is 13.7. The van der Waals surface area contributed by atoms with E-state index in [4.69, 9.17) is 0 Å². The highest BCUT2D eigenvalue weighted by Crippen LogP contribution is 2.23. The first-order valence-corrected chi connectivity index (χ1v) is 7.62. The van der Waals surface area contributed by atoms with E-state index in [2.05, 4.69) is 29.6 Å². The molecule has 0 aliphatic heterocycles. The average Bonchev–Trinajstić information content (AvgIpc) is 2.91. The first-order valence-electron chi connectivity index (χ1n) is 6.74. The molecule has 1 fully saturated rings. The third-order valence-corrected chi connectivity index (χ3v) is 4.32. The summed E-state index contributed by atoms with van der Waals surface area (Å²) in [6, 6.07) is 8.22. The standard InChI is InChI=1S/C15H20N2OS/c1-11-7-9-14(10-8-11)19-12(2)15(18)17-16-13-5-3-4-6-13/h7-10,12H,3-6H2,1-2H3,(H,17,18)/t12-/m1/s1. The van der Waals surface area contributed by atoms with Gasteiger partial charge in [0, 0.05) is 10.6 Å². The molecular formula is C15H20N2OS. The molecule has 1 aromatic rings. The summed E-state index contributed by atoms with van der Waals surface area (Å²) in [4.78, 5) is 13.0. The van der Waals surface area contributed by atoms with Crippen LogP contribution in [0.2, 0.25) is 0 Å². The number of nitrogens with one attached hydrogen (secondary N) is 1. The molecule has 1 aromatic carbocycles. The van der Waals surface area contributed by atoms with Gasteiger partial charge in [-0.2, -0.15) is 5.10 Å². The van der Waals surface area contributed by atoms with Gasteiger partial charge in [-0.1, -0.05) is 17.7 Å². The highest BCUT2D eigenvalue weighted by atomic mass is 32.2. The Morgan fingerprint density at radius 1 is 1.26 bits per heavy atom. The second-order valence-electron chi connectivity index (χ2n) is 4.93. The van der Waals surface area contributed by atoms with Crippen LogP contribution < -0.4 is 5.43 Å². The summed E-state index contributed by atoms with van der Waals surface area (Å²) in [6.07, 6.45) is 4.45. The molecule has 2 rings (SSSR count). The third-order valence-electron chi connectivity index (χ3n) is 3.21. The number of rotatable bonds is 4. The molecule has 0 radical (unpaired) electrons. The van der Waals surface area contributed by atoms with Crippen LogP contribution in [0.25, 0.3) is 0 Å². The molecule has 0 saturated heterocycles. The monoisotopic (exact) mass is 276 g/mol. The first-order chi connectivity index (χ1) is 9.15. The number of hydrogen-bond donors (Lipinski definition) is 1. The van der Waals surface area contributed by atoms with Crippen molar-refractivity contribution in [3.63, 3.8) is 0 Å². The normalized spacial score (nSPS) is 16.2. The van der Waals surface area contributed by atoms with Gasteiger partial charge in [0.25, 0.3) is 5.91 Å². The van der Waals surface area contributed by atoms with E-state index < -0.39 is 0 Å². The van der Waals surface area contributed by atoms with Gasteiger partial charge in [0.15, 0.2) is 0 Å². The predicted molar refractivity (Wildman–Crippen MR) is 80.5 cm³/mol. The van der Waals surface area contributed by atoms with E-state index in [9.17, 15) is 4.79 Å². The van der Waals surface area contributed by atoms with Crippen molar-refractivity contribution in [2.24, 2.45) is 5.10 Å². The van der Waals surface area contributed by atoms with Gasteiger partial charge in [-0.15, -0.1) is 11.8 Å². The van der Waals surface area contributed by atoms with Crippen LogP contribution in [0, 0.1) is 6.92 Å². The van der Waals surface area contributed by atoms with Crippen LogP contribution >= 0.6 is 11.8 Å². The fraction of sp³-hybridized carbons (Fsp3) is 0.467. The van der Waals surface area contributed by atoms with Crippen molar-refractivity contribution in [3.8, 4) is 0 Å². The number of aryl methyl sites for hydroxylation is 1. The zero-order valence-corrected chi connectivity index (χ0v) is 12.3. The van der Waals surface area contributed by atoms with Crippen LogP contribution in [-0.4, -0.2) is 16.9 Å². The van der Waals surface area contributed by atoms with Gasteiger partial charge < -0.3 is 0 Å². The molecule has 0 unspecified atom stereocenters. The van der Waals surface area contributed by atoms with E-state index >= 15 is 0 Å². The number of nitrogens with zero attached hydrogens (tertiary/aromatic N) is 1. The van der Waals surface area contributed by atoms with Crippen LogP contribution in [0.4, 0.5) is 0 Å². The third kappa shape index (κ3) is 4.39. The lowest BCUT2D eigenvalue weighted by Gasteiger charge is -2.10. The minimum atomic E-state index is -0.131. The number of carbonyl (C=O) groups excluding carboxylic acids is 1. The van der Waals surface area contributed by atoms with Crippen molar-refractivity contribution in [2.45, 2.75) is 49.7 Å². The second-order valence-corrected chi connectivity index (χ2v) is 6.35. The summed E-state index contributed by atoms with van der Waals surface area (Å²) in [7, 11) is 0. The maximum absolute atomic E-state index is 11.9. The maximum atomic E-state index is 11.9. The molecular weight excluding hydrogens is 256 g/mol. The Balaban J connectivity index is 1.85. The van der Waals surface area contributed by atoms with E-state index in [-0.39, 0.29) is 11.2 Å². The van der Waals surface area contributed by atoms with E-state index in [1.165, 1.54) is 18.4 Å². The molecule has 0 heterocycles. The van der Waals surface area contributed by atoms with Crippen LogP contribution in [0.3, 0.4) is 0 Å². The van der Waals surface area contributed by atoms with Gasteiger partial charge in [0.1, 0.15) is 0 Å². The number of carbonyl (C=O) groups is 1. The molecule has 4 heteroatoms. The van der Waals surface area contributed by atoms with Crippen molar-refractivity contribution >= 4 is 23.4 Å². The molecule has 19 heavy (non-hydrogen) atoms. The van der Waals surface area contributed by atoms with Crippen molar-refractivity contribution < 1.29 is 4.79 Å². The topological polar surface area (TPSA) is 41.5 Å². The highest BCUT2D eigenvalue weighted by molar-refractivity contribution is 8.00. The average molecular weight is 276 g/mol. The van der Waals surface area contributed by atoms with Crippen LogP contribution in [0.15, 0.2) is 34.3 Å². The largest absolute Gasteiger partial charge is 0.272 e. The Bertz CT molecular complexity index is 460. The molecule has 1 amide bonds. The van der Waals surface area contributed by atoms with Crippen molar-refractivity contribution in [2.75, 3.05) is 0 Å². The van der Waals surface area contributed by atoms with Crippen LogP contribution in [-0.2, 0) is 4.79 Å². The van der Waals surface area contributed by atoms with Crippen molar-refractivity contribution in [3.05, 3.63) is 29.8 Å². The van der Waals surface area contributed by atoms with Crippen molar-refractivity contribution in [1.29, 1.82) is 0 Å². The van der Waals surface area contributed by atoms with Crippen LogP contribution in [0.1, 0.15) is 38.2 Å². The molecule has 0 bridgehead atoms. The molecule has 1 aliphatic rings. The summed E-state index contributed by atoms with van der Waals surface area (Å²) >= 11 is 1.56. The Labute approximate surface area is 118 Å². The lowest BCUT2D eigenvalue weighted by atomic mass is 10.2. The molecule has 3 nitrogen and oxygen atoms in total. The van der Waals surface area contributed by atoms with Gasteiger partial charge in [-0.05, 0) is 51.7 Å². The van der Waals surface area contributed by atoms with Crippen molar-refractivity contribution in [1.82, 2.24) is 5.43 Å². The van der Waals surface area contributed by atoms with E-state index in [0.29, 0.717) is 0 Å². The van der Waals surface area contributed by atoms with E-state index in [1.807, 2.05) is 19.1 Å². The lowest BCUT2D eigenvalue weighted by molar-refractivity contribution is -0.120. The quantitative estimate of drug-likeness (QED) is 0.675. The van der Waals surface area contributed by atoms with E-state index in [0.717, 1.165) is 23.4 Å². The maximum Gasteiger partial charge on any atom is 0.253 e. The van der Waals surface area contributed by atoms with E-state index in [1.54, 1.807) is 11.8 Å². The number of hydrogen-bond acceptors (Lipinski definition) is 3. The number of benzene rings is 1. The fourth-order valence-corrected chi connectivity index (χ4v) is 2.86. The highest BCUT2D eigenvalue weighted by Gasteiger charge is 2.15. The van der Waals surface area contributed by atoms with Gasteiger partial charge >= 0.3 is 0 Å². The molecule has 1 atom stereocenters. The summed E-state index contributed by atoms with van der Waals surface area (Å²) in [5.41, 5.74) is 5.04. The Kier molecular flexibility index (Phi) is 5.02. The van der Waals surface area contributed by atoms with Gasteiger partial charge in [-0.25, -0.2) is 5.43 Å².